The van der Waals surface area contributed by atoms with Gasteiger partial charge in [0.1, 0.15) is 16.4 Å². The summed E-state index contributed by atoms with van der Waals surface area (Å²) in [7, 11) is -3.91. The van der Waals surface area contributed by atoms with Crippen LogP contribution >= 0.6 is 22.9 Å². The Morgan fingerprint density at radius 3 is 2.61 bits per heavy atom. The van der Waals surface area contributed by atoms with Crippen molar-refractivity contribution >= 4 is 44.6 Å². The lowest BCUT2D eigenvalue weighted by molar-refractivity contribution is -0.130. The molecule has 0 unspecified atom stereocenters. The smallest absolute Gasteiger partial charge is 0.263 e. The average molecular weight is 479 g/mol. The van der Waals surface area contributed by atoms with Crippen molar-refractivity contribution in [1.29, 1.82) is 0 Å². The number of likely N-dealkylation sites (tertiary alicyclic amines) is 1. The Kier molecular flexibility index (Phi) is 6.09. The summed E-state index contributed by atoms with van der Waals surface area (Å²) in [6, 6.07) is 6.67. The molecule has 1 fully saturated rings. The molecule has 0 radical (unpaired) electrons. The number of rotatable bonds is 6. The van der Waals surface area contributed by atoms with Crippen molar-refractivity contribution < 1.29 is 13.2 Å². The number of nitrogens with one attached hydrogen (secondary N) is 1. The van der Waals surface area contributed by atoms with Gasteiger partial charge in [0.05, 0.1) is 16.4 Å². The quantitative estimate of drug-likeness (QED) is 0.572. The van der Waals surface area contributed by atoms with Gasteiger partial charge in [0, 0.05) is 30.4 Å². The lowest BCUT2D eigenvalue weighted by Crippen LogP contribution is -2.31. The van der Waals surface area contributed by atoms with E-state index in [4.69, 9.17) is 11.6 Å². The van der Waals surface area contributed by atoms with Gasteiger partial charge in [0.2, 0.25) is 5.91 Å². The zero-order chi connectivity index (χ0) is 22.2. The molecule has 4 rings (SSSR count). The summed E-state index contributed by atoms with van der Waals surface area (Å²) in [5, 5.41) is 2.89. The van der Waals surface area contributed by atoms with Gasteiger partial charge in [0.25, 0.3) is 10.0 Å². The van der Waals surface area contributed by atoms with Gasteiger partial charge in [-0.3, -0.25) is 9.52 Å². The zero-order valence-electron chi connectivity index (χ0n) is 17.3. The Balaban J connectivity index is 1.68. The van der Waals surface area contributed by atoms with Crippen LogP contribution in [0.1, 0.15) is 24.1 Å². The van der Waals surface area contributed by atoms with Gasteiger partial charge in [-0.25, -0.2) is 13.4 Å². The van der Waals surface area contributed by atoms with Gasteiger partial charge in [-0.1, -0.05) is 17.7 Å². The predicted molar refractivity (Wildman–Crippen MR) is 123 cm³/mol. The number of benzene rings is 1. The van der Waals surface area contributed by atoms with E-state index in [-0.39, 0.29) is 17.3 Å². The molecule has 0 bridgehead atoms. The number of amides is 1. The topological polar surface area (TPSA) is 84.3 Å². The van der Waals surface area contributed by atoms with Gasteiger partial charge < -0.3 is 9.47 Å². The third-order valence-corrected chi connectivity index (χ3v) is 7.78. The van der Waals surface area contributed by atoms with E-state index in [0.29, 0.717) is 21.4 Å². The van der Waals surface area contributed by atoms with E-state index < -0.39 is 10.0 Å². The average Bonchev–Trinajstić information content (AvgIpc) is 3.44. The number of carbonyl (C=O) groups is 1. The van der Waals surface area contributed by atoms with E-state index in [1.54, 1.807) is 28.8 Å². The molecule has 0 atom stereocenters. The van der Waals surface area contributed by atoms with E-state index in [0.717, 1.165) is 37.2 Å². The van der Waals surface area contributed by atoms with E-state index >= 15 is 0 Å². The molecular formula is C21H23ClN4O3S2. The summed E-state index contributed by atoms with van der Waals surface area (Å²) in [6.07, 6.45) is 3.48. The minimum atomic E-state index is -3.91. The number of carbonyl (C=O) groups excluding carboxylic acids is 1. The standard InChI is InChI=1S/C21H23ClN4O3S2/c1-14-5-6-18(17(22)9-14)24-31(28,29)16-10-19(21-23-15(2)13-30-21)26(11-16)12-20(27)25-7-3-4-8-25/h5-6,9-11,13,24H,3-4,7-8,12H2,1-2H3. The fourth-order valence-corrected chi connectivity index (χ4v) is 5.82. The summed E-state index contributed by atoms with van der Waals surface area (Å²) in [4.78, 5) is 19.1. The minimum Gasteiger partial charge on any atom is -0.341 e. The largest absolute Gasteiger partial charge is 0.341 e. The Morgan fingerprint density at radius 1 is 1.23 bits per heavy atom. The first-order chi connectivity index (χ1) is 14.7. The second kappa shape index (κ2) is 8.64. The number of anilines is 1. The molecule has 1 aromatic carbocycles. The van der Waals surface area contributed by atoms with Crippen LogP contribution in [0.2, 0.25) is 5.02 Å². The molecule has 31 heavy (non-hydrogen) atoms. The van der Waals surface area contributed by atoms with Crippen molar-refractivity contribution in [3.63, 3.8) is 0 Å². The fraction of sp³-hybridized carbons (Fsp3) is 0.333. The van der Waals surface area contributed by atoms with Gasteiger partial charge >= 0.3 is 0 Å². The third-order valence-electron chi connectivity index (χ3n) is 5.15. The van der Waals surface area contributed by atoms with Crippen LogP contribution in [0.4, 0.5) is 5.69 Å². The van der Waals surface area contributed by atoms with Crippen molar-refractivity contribution in [2.24, 2.45) is 0 Å². The highest BCUT2D eigenvalue weighted by Crippen LogP contribution is 2.30. The van der Waals surface area contributed by atoms with Crippen molar-refractivity contribution in [3.8, 4) is 10.7 Å². The van der Waals surface area contributed by atoms with Gasteiger partial charge in [-0.15, -0.1) is 11.3 Å². The van der Waals surface area contributed by atoms with Crippen LogP contribution in [0.15, 0.2) is 40.7 Å². The number of hydrogen-bond donors (Lipinski definition) is 1. The van der Waals surface area contributed by atoms with Crippen molar-refractivity contribution in [2.45, 2.75) is 38.1 Å². The Bertz CT molecular complexity index is 1230. The zero-order valence-corrected chi connectivity index (χ0v) is 19.6. The maximum Gasteiger partial charge on any atom is 0.263 e. The van der Waals surface area contributed by atoms with Crippen molar-refractivity contribution in [2.75, 3.05) is 17.8 Å². The van der Waals surface area contributed by atoms with Crippen LogP contribution in [-0.2, 0) is 21.4 Å². The minimum absolute atomic E-state index is 0.0267. The molecule has 0 saturated carbocycles. The van der Waals surface area contributed by atoms with E-state index in [9.17, 15) is 13.2 Å². The second-order valence-electron chi connectivity index (χ2n) is 7.66. The van der Waals surface area contributed by atoms with Crippen LogP contribution in [0.5, 0.6) is 0 Å². The first-order valence-corrected chi connectivity index (χ1v) is 12.7. The Labute approximate surface area is 190 Å². The number of thiazole rings is 1. The van der Waals surface area contributed by atoms with Gasteiger partial charge in [-0.2, -0.15) is 0 Å². The molecule has 10 heteroatoms. The molecule has 1 N–H and O–H groups in total. The van der Waals surface area contributed by atoms with Crippen LogP contribution < -0.4 is 4.72 Å². The fourth-order valence-electron chi connectivity index (χ4n) is 3.53. The highest BCUT2D eigenvalue weighted by atomic mass is 35.5. The number of aromatic nitrogens is 2. The van der Waals surface area contributed by atoms with Crippen LogP contribution in [0.25, 0.3) is 10.7 Å². The van der Waals surface area contributed by atoms with Gasteiger partial charge in [-0.05, 0) is 50.5 Å². The van der Waals surface area contributed by atoms with Crippen LogP contribution in [-0.4, -0.2) is 41.9 Å². The first kappa shape index (κ1) is 21.9. The maximum atomic E-state index is 13.1. The molecule has 1 amide bonds. The van der Waals surface area contributed by atoms with E-state index in [2.05, 4.69) is 9.71 Å². The number of halogens is 1. The molecule has 1 aliphatic heterocycles. The molecule has 0 aliphatic carbocycles. The molecule has 164 valence electrons. The summed E-state index contributed by atoms with van der Waals surface area (Å²) < 4.78 is 30.4. The molecule has 1 saturated heterocycles. The lowest BCUT2D eigenvalue weighted by Gasteiger charge is -2.16. The molecule has 1 aliphatic rings. The molecule has 2 aromatic heterocycles. The SMILES string of the molecule is Cc1ccc(NS(=O)(=O)c2cc(-c3nc(C)cs3)n(CC(=O)N3CCCC3)c2)c(Cl)c1. The number of sulfonamides is 1. The summed E-state index contributed by atoms with van der Waals surface area (Å²) >= 11 is 7.62. The first-order valence-electron chi connectivity index (χ1n) is 9.92. The molecular weight excluding hydrogens is 456 g/mol. The molecule has 3 heterocycles. The van der Waals surface area contributed by atoms with Crippen LogP contribution in [0, 0.1) is 13.8 Å². The van der Waals surface area contributed by atoms with Crippen molar-refractivity contribution in [3.05, 3.63) is 52.1 Å². The number of nitrogens with zero attached hydrogens (tertiary/aromatic N) is 3. The van der Waals surface area contributed by atoms with Crippen molar-refractivity contribution in [1.82, 2.24) is 14.5 Å². The number of hydrogen-bond acceptors (Lipinski definition) is 5. The normalized spacial score (nSPS) is 14.2. The van der Waals surface area contributed by atoms with Crippen LogP contribution in [0.3, 0.4) is 0 Å². The highest BCUT2D eigenvalue weighted by Gasteiger charge is 2.24. The summed E-state index contributed by atoms with van der Waals surface area (Å²) in [6.45, 7) is 5.30. The summed E-state index contributed by atoms with van der Waals surface area (Å²) in [5.41, 5.74) is 2.68. The third kappa shape index (κ3) is 4.78. The van der Waals surface area contributed by atoms with Gasteiger partial charge in [0.15, 0.2) is 0 Å². The lowest BCUT2D eigenvalue weighted by atomic mass is 10.2. The Hall–Kier alpha value is -2.36. The predicted octanol–water partition coefficient (Wildman–Crippen LogP) is 4.31. The summed E-state index contributed by atoms with van der Waals surface area (Å²) in [5.74, 6) is -0.0267. The number of aryl methyl sites for hydroxylation is 2. The Morgan fingerprint density at radius 2 is 1.97 bits per heavy atom. The van der Waals surface area contributed by atoms with E-state index in [1.165, 1.54) is 17.5 Å². The highest BCUT2D eigenvalue weighted by molar-refractivity contribution is 7.92. The maximum absolute atomic E-state index is 13.1. The molecule has 0 spiro atoms. The second-order valence-corrected chi connectivity index (χ2v) is 10.6. The van der Waals surface area contributed by atoms with E-state index in [1.807, 2.05) is 24.1 Å². The monoisotopic (exact) mass is 478 g/mol. The molecule has 3 aromatic rings. The molecule has 7 nitrogen and oxygen atoms in total.